The second-order valence-corrected chi connectivity index (χ2v) is 4.74. The van der Waals surface area contributed by atoms with Crippen LogP contribution >= 0.6 is 0 Å². The van der Waals surface area contributed by atoms with E-state index in [2.05, 4.69) is 10.1 Å². The molecule has 4 nitrogen and oxygen atoms in total. The van der Waals surface area contributed by atoms with Crippen LogP contribution in [0, 0.1) is 5.82 Å². The minimum Gasteiger partial charge on any atom is -0.334 e. The fourth-order valence-electron chi connectivity index (χ4n) is 2.10. The molecule has 3 aromatic rings. The van der Waals surface area contributed by atoms with Crippen molar-refractivity contribution in [3.05, 3.63) is 48.0 Å². The van der Waals surface area contributed by atoms with Crippen LogP contribution in [0.15, 0.2) is 40.9 Å². The minimum absolute atomic E-state index is 0.0270. The zero-order valence-corrected chi connectivity index (χ0v) is 11.0. The molecule has 1 aromatic heterocycles. The van der Waals surface area contributed by atoms with Crippen molar-refractivity contribution in [3.63, 3.8) is 0 Å². The number of rotatable bonds is 3. The lowest BCUT2D eigenvalue weighted by atomic mass is 10.0. The number of hydrogen-bond acceptors (Lipinski definition) is 4. The average molecular weight is 271 g/mol. The molecule has 2 N–H and O–H groups in total. The summed E-state index contributed by atoms with van der Waals surface area (Å²) in [4.78, 5) is 4.35. The molecule has 0 saturated carbocycles. The summed E-state index contributed by atoms with van der Waals surface area (Å²) < 4.78 is 19.1. The molecule has 2 aromatic carbocycles. The maximum absolute atomic E-state index is 13.8. The maximum atomic E-state index is 13.8. The van der Waals surface area contributed by atoms with Gasteiger partial charge in [0, 0.05) is 23.4 Å². The van der Waals surface area contributed by atoms with E-state index in [1.807, 2.05) is 19.1 Å². The zero-order valence-electron chi connectivity index (χ0n) is 11.0. The minimum atomic E-state index is -0.264. The van der Waals surface area contributed by atoms with E-state index in [1.165, 1.54) is 6.07 Å². The Kier molecular flexibility index (Phi) is 3.20. The van der Waals surface area contributed by atoms with E-state index in [9.17, 15) is 4.39 Å². The van der Waals surface area contributed by atoms with Gasteiger partial charge in [0.25, 0.3) is 5.89 Å². The number of nitrogens with two attached hydrogens (primary N) is 1. The van der Waals surface area contributed by atoms with Crippen molar-refractivity contribution in [1.29, 1.82) is 0 Å². The summed E-state index contributed by atoms with van der Waals surface area (Å²) in [5, 5.41) is 5.22. The normalized spacial score (nSPS) is 12.8. The van der Waals surface area contributed by atoms with Crippen LogP contribution in [-0.2, 0) is 0 Å². The first-order chi connectivity index (χ1) is 9.70. The second kappa shape index (κ2) is 5.02. The fraction of sp³-hybridized carbons (Fsp3) is 0.200. The summed E-state index contributed by atoms with van der Waals surface area (Å²) in [6, 6.07) is 10.3. The van der Waals surface area contributed by atoms with Gasteiger partial charge in [-0.3, -0.25) is 0 Å². The van der Waals surface area contributed by atoms with E-state index in [1.54, 1.807) is 18.2 Å². The zero-order chi connectivity index (χ0) is 14.1. The Labute approximate surface area is 115 Å². The van der Waals surface area contributed by atoms with Gasteiger partial charge in [0.05, 0.1) is 0 Å². The molecule has 3 rings (SSSR count). The molecule has 0 saturated heterocycles. The second-order valence-electron chi connectivity index (χ2n) is 4.74. The summed E-state index contributed by atoms with van der Waals surface area (Å²) in [7, 11) is 0. The molecular weight excluding hydrogens is 257 g/mol. The van der Waals surface area contributed by atoms with E-state index in [0.29, 0.717) is 23.6 Å². The van der Waals surface area contributed by atoms with Crippen LogP contribution in [0.25, 0.3) is 22.2 Å². The molecule has 1 atom stereocenters. The molecule has 102 valence electrons. The summed E-state index contributed by atoms with van der Waals surface area (Å²) in [6.45, 7) is 2.38. The Morgan fingerprint density at radius 3 is 2.70 bits per heavy atom. The van der Waals surface area contributed by atoms with Crippen molar-refractivity contribution in [2.75, 3.05) is 6.54 Å². The van der Waals surface area contributed by atoms with Gasteiger partial charge >= 0.3 is 0 Å². The van der Waals surface area contributed by atoms with E-state index in [-0.39, 0.29) is 11.7 Å². The monoisotopic (exact) mass is 271 g/mol. The van der Waals surface area contributed by atoms with Gasteiger partial charge < -0.3 is 10.3 Å². The molecule has 1 heterocycles. The summed E-state index contributed by atoms with van der Waals surface area (Å²) in [5.41, 5.74) is 6.32. The van der Waals surface area contributed by atoms with Gasteiger partial charge in [0.2, 0.25) is 0 Å². The Bertz CT molecular complexity index is 754. The summed E-state index contributed by atoms with van der Waals surface area (Å²) in [6.07, 6.45) is 0. The van der Waals surface area contributed by atoms with Gasteiger partial charge in [-0.15, -0.1) is 0 Å². The first-order valence-electron chi connectivity index (χ1n) is 6.42. The lowest BCUT2D eigenvalue weighted by Gasteiger charge is -2.03. The number of nitrogens with zero attached hydrogens (tertiary/aromatic N) is 2. The van der Waals surface area contributed by atoms with Crippen molar-refractivity contribution in [2.45, 2.75) is 12.8 Å². The molecule has 0 aliphatic carbocycles. The molecule has 1 unspecified atom stereocenters. The molecule has 0 bridgehead atoms. The van der Waals surface area contributed by atoms with Crippen LogP contribution in [0.1, 0.15) is 18.7 Å². The molecule has 0 radical (unpaired) electrons. The topological polar surface area (TPSA) is 64.9 Å². The highest BCUT2D eigenvalue weighted by Gasteiger charge is 2.16. The molecule has 20 heavy (non-hydrogen) atoms. The molecular formula is C15H14FN3O. The molecule has 0 aliphatic heterocycles. The van der Waals surface area contributed by atoms with E-state index in [4.69, 9.17) is 10.3 Å². The van der Waals surface area contributed by atoms with Crippen LogP contribution in [0.3, 0.4) is 0 Å². The van der Waals surface area contributed by atoms with Crippen LogP contribution < -0.4 is 5.73 Å². The summed E-state index contributed by atoms with van der Waals surface area (Å²) >= 11 is 0. The van der Waals surface area contributed by atoms with Gasteiger partial charge in [0.1, 0.15) is 5.82 Å². The van der Waals surface area contributed by atoms with E-state index >= 15 is 0 Å². The highest BCUT2D eigenvalue weighted by atomic mass is 19.1. The maximum Gasteiger partial charge on any atom is 0.258 e. The fourth-order valence-corrected chi connectivity index (χ4v) is 2.10. The largest absolute Gasteiger partial charge is 0.334 e. The van der Waals surface area contributed by atoms with E-state index < -0.39 is 0 Å². The average Bonchev–Trinajstić information content (AvgIpc) is 2.97. The van der Waals surface area contributed by atoms with Crippen molar-refractivity contribution >= 4 is 10.8 Å². The van der Waals surface area contributed by atoms with E-state index in [0.717, 1.165) is 10.9 Å². The van der Waals surface area contributed by atoms with Crippen LogP contribution in [0.2, 0.25) is 0 Å². The quantitative estimate of drug-likeness (QED) is 0.795. The highest BCUT2D eigenvalue weighted by molar-refractivity contribution is 5.95. The van der Waals surface area contributed by atoms with Crippen molar-refractivity contribution in [2.24, 2.45) is 5.73 Å². The predicted molar refractivity (Wildman–Crippen MR) is 74.7 cm³/mol. The number of halogens is 1. The van der Waals surface area contributed by atoms with Crippen LogP contribution in [0.4, 0.5) is 4.39 Å². The van der Waals surface area contributed by atoms with Crippen molar-refractivity contribution in [1.82, 2.24) is 10.1 Å². The first kappa shape index (κ1) is 12.7. The number of hydrogen-bond donors (Lipinski definition) is 1. The number of benzene rings is 2. The lowest BCUT2D eigenvalue weighted by molar-refractivity contribution is 0.418. The van der Waals surface area contributed by atoms with Crippen LogP contribution in [-0.4, -0.2) is 16.7 Å². The smallest absolute Gasteiger partial charge is 0.258 e. The molecule has 0 fully saturated rings. The first-order valence-corrected chi connectivity index (χ1v) is 6.42. The molecule has 0 spiro atoms. The van der Waals surface area contributed by atoms with Gasteiger partial charge in [-0.25, -0.2) is 4.39 Å². The third kappa shape index (κ3) is 2.06. The Balaban J connectivity index is 2.15. The lowest BCUT2D eigenvalue weighted by Crippen LogP contribution is -2.10. The molecule has 0 amide bonds. The van der Waals surface area contributed by atoms with Gasteiger partial charge in [-0.2, -0.15) is 4.98 Å². The Hall–Kier alpha value is -2.27. The molecule has 5 heteroatoms. The Morgan fingerprint density at radius 2 is 1.95 bits per heavy atom. The van der Waals surface area contributed by atoms with Crippen LogP contribution in [0.5, 0.6) is 0 Å². The van der Waals surface area contributed by atoms with Gasteiger partial charge in [-0.1, -0.05) is 36.3 Å². The highest BCUT2D eigenvalue weighted by Crippen LogP contribution is 2.29. The van der Waals surface area contributed by atoms with Gasteiger partial charge in [-0.05, 0) is 17.5 Å². The molecule has 0 aliphatic rings. The SMILES string of the molecule is CC(CN)c1noc(-c2ccc(F)c3ccccc23)n1. The number of aromatic nitrogens is 2. The van der Waals surface area contributed by atoms with Crippen molar-refractivity contribution < 1.29 is 8.91 Å². The standard InChI is InChI=1S/C15H14FN3O/c1-9(8-17)14-18-15(20-19-14)12-6-7-13(16)11-5-3-2-4-10(11)12/h2-7,9H,8,17H2,1H3. The third-order valence-electron chi connectivity index (χ3n) is 3.34. The summed E-state index contributed by atoms with van der Waals surface area (Å²) in [5.74, 6) is 0.714. The van der Waals surface area contributed by atoms with Gasteiger partial charge in [0.15, 0.2) is 5.82 Å². The number of fused-ring (bicyclic) bond motifs is 1. The predicted octanol–water partition coefficient (Wildman–Crippen LogP) is 3.09. The Morgan fingerprint density at radius 1 is 1.20 bits per heavy atom. The third-order valence-corrected chi connectivity index (χ3v) is 3.34. The van der Waals surface area contributed by atoms with Crippen molar-refractivity contribution in [3.8, 4) is 11.5 Å².